The number of nitrogens with two attached hydrogens (primary N) is 1. The normalized spacial score (nSPS) is 10.3. The van der Waals surface area contributed by atoms with Crippen LogP contribution in [0.25, 0.3) is 0 Å². The molecule has 0 aliphatic rings. The molecule has 2 rings (SSSR count). The molecular weight excluding hydrogens is 264 g/mol. The first-order valence-electron chi connectivity index (χ1n) is 7.04. The maximum absolute atomic E-state index is 12.3. The Morgan fingerprint density at radius 2 is 1.90 bits per heavy atom. The maximum Gasteiger partial charge on any atom is 0.227 e. The van der Waals surface area contributed by atoms with Crippen LogP contribution in [-0.4, -0.2) is 17.6 Å². The first-order valence-corrected chi connectivity index (χ1v) is 7.04. The number of amides is 1. The molecule has 4 nitrogen and oxygen atoms in total. The lowest BCUT2D eigenvalue weighted by Gasteiger charge is -2.21. The molecule has 0 aliphatic heterocycles. The lowest BCUT2D eigenvalue weighted by molar-refractivity contribution is -0.118. The van der Waals surface area contributed by atoms with Crippen LogP contribution in [0.15, 0.2) is 48.5 Å². The van der Waals surface area contributed by atoms with Crippen LogP contribution < -0.4 is 10.6 Å². The first kappa shape index (κ1) is 14.9. The summed E-state index contributed by atoms with van der Waals surface area (Å²) in [6.07, 6.45) is 1.01. The van der Waals surface area contributed by atoms with Crippen molar-refractivity contribution in [2.75, 3.05) is 17.2 Å². The Morgan fingerprint density at radius 3 is 2.52 bits per heavy atom. The third-order valence-corrected chi connectivity index (χ3v) is 3.40. The van der Waals surface area contributed by atoms with E-state index >= 15 is 0 Å². The summed E-state index contributed by atoms with van der Waals surface area (Å²) in [6, 6.07) is 14.7. The Labute approximate surface area is 124 Å². The quantitative estimate of drug-likeness (QED) is 0.655. The van der Waals surface area contributed by atoms with Crippen molar-refractivity contribution in [1.82, 2.24) is 0 Å². The summed E-state index contributed by atoms with van der Waals surface area (Å²) in [5.41, 5.74) is 7.86. The summed E-state index contributed by atoms with van der Waals surface area (Å²) in [6.45, 7) is 2.60. The van der Waals surface area contributed by atoms with Gasteiger partial charge in [0, 0.05) is 18.7 Å². The van der Waals surface area contributed by atoms with Crippen LogP contribution in [0.1, 0.15) is 18.9 Å². The van der Waals surface area contributed by atoms with Crippen LogP contribution in [0.3, 0.4) is 0 Å². The van der Waals surface area contributed by atoms with Gasteiger partial charge < -0.3 is 15.7 Å². The van der Waals surface area contributed by atoms with Gasteiger partial charge in [0.15, 0.2) is 0 Å². The van der Waals surface area contributed by atoms with E-state index in [1.807, 2.05) is 37.3 Å². The SMILES string of the molecule is CCN(C(=O)CCc1ccc(O)c(N)c1)c1ccccc1. The molecule has 0 saturated carbocycles. The van der Waals surface area contributed by atoms with Gasteiger partial charge >= 0.3 is 0 Å². The predicted octanol–water partition coefficient (Wildman–Crippen LogP) is 2.96. The monoisotopic (exact) mass is 284 g/mol. The minimum atomic E-state index is 0.0737. The lowest BCUT2D eigenvalue weighted by Crippen LogP contribution is -2.30. The van der Waals surface area contributed by atoms with Crippen LogP contribution >= 0.6 is 0 Å². The highest BCUT2D eigenvalue weighted by Crippen LogP contribution is 2.21. The molecule has 0 aliphatic carbocycles. The van der Waals surface area contributed by atoms with Crippen LogP contribution in [0.4, 0.5) is 11.4 Å². The summed E-state index contributed by atoms with van der Waals surface area (Å²) in [4.78, 5) is 14.1. The Morgan fingerprint density at radius 1 is 1.19 bits per heavy atom. The van der Waals surface area contributed by atoms with Gasteiger partial charge in [0.1, 0.15) is 5.75 Å². The third kappa shape index (κ3) is 3.75. The van der Waals surface area contributed by atoms with Gasteiger partial charge in [-0.1, -0.05) is 24.3 Å². The molecule has 0 spiro atoms. The zero-order chi connectivity index (χ0) is 15.2. The fourth-order valence-electron chi connectivity index (χ4n) is 2.26. The molecule has 1 amide bonds. The van der Waals surface area contributed by atoms with Crippen molar-refractivity contribution < 1.29 is 9.90 Å². The molecule has 2 aromatic carbocycles. The molecule has 0 saturated heterocycles. The van der Waals surface area contributed by atoms with E-state index in [0.29, 0.717) is 25.1 Å². The Hall–Kier alpha value is -2.49. The number of nitrogen functional groups attached to an aromatic ring is 1. The zero-order valence-corrected chi connectivity index (χ0v) is 12.1. The average Bonchev–Trinajstić information content (AvgIpc) is 2.50. The lowest BCUT2D eigenvalue weighted by atomic mass is 10.1. The molecule has 0 fully saturated rings. The van der Waals surface area contributed by atoms with E-state index in [0.717, 1.165) is 11.3 Å². The van der Waals surface area contributed by atoms with Crippen molar-refractivity contribution in [2.45, 2.75) is 19.8 Å². The number of benzene rings is 2. The summed E-state index contributed by atoms with van der Waals surface area (Å²) in [7, 11) is 0. The van der Waals surface area contributed by atoms with Crippen molar-refractivity contribution >= 4 is 17.3 Å². The zero-order valence-electron chi connectivity index (χ0n) is 12.1. The highest BCUT2D eigenvalue weighted by atomic mass is 16.3. The molecule has 0 atom stereocenters. The summed E-state index contributed by atoms with van der Waals surface area (Å²) in [5.74, 6) is 0.153. The highest BCUT2D eigenvalue weighted by molar-refractivity contribution is 5.93. The van der Waals surface area contributed by atoms with Gasteiger partial charge in [0.05, 0.1) is 5.69 Å². The van der Waals surface area contributed by atoms with Crippen molar-refractivity contribution in [3.63, 3.8) is 0 Å². The molecule has 110 valence electrons. The van der Waals surface area contributed by atoms with E-state index in [2.05, 4.69) is 0 Å². The summed E-state index contributed by atoms with van der Waals surface area (Å²) >= 11 is 0. The second kappa shape index (κ2) is 6.79. The first-order chi connectivity index (χ1) is 10.1. The second-order valence-electron chi connectivity index (χ2n) is 4.87. The molecule has 0 aromatic heterocycles. The van der Waals surface area contributed by atoms with E-state index in [1.54, 1.807) is 23.1 Å². The van der Waals surface area contributed by atoms with Gasteiger partial charge in [-0.25, -0.2) is 0 Å². The molecule has 0 heterocycles. The number of nitrogens with zero attached hydrogens (tertiary/aromatic N) is 1. The molecule has 0 radical (unpaired) electrons. The molecule has 21 heavy (non-hydrogen) atoms. The molecule has 3 N–H and O–H groups in total. The maximum atomic E-state index is 12.3. The summed E-state index contributed by atoms with van der Waals surface area (Å²) < 4.78 is 0. The van der Waals surface area contributed by atoms with E-state index in [1.165, 1.54) is 0 Å². The number of phenolic OH excluding ortho intramolecular Hbond substituents is 1. The Bertz CT molecular complexity index is 611. The highest BCUT2D eigenvalue weighted by Gasteiger charge is 2.13. The number of carbonyl (C=O) groups excluding carboxylic acids is 1. The second-order valence-corrected chi connectivity index (χ2v) is 4.87. The summed E-state index contributed by atoms with van der Waals surface area (Å²) in [5, 5.41) is 9.40. The molecule has 2 aromatic rings. The minimum absolute atomic E-state index is 0.0737. The molecule has 0 unspecified atom stereocenters. The van der Waals surface area contributed by atoms with Gasteiger partial charge in [-0.05, 0) is 43.2 Å². The largest absolute Gasteiger partial charge is 0.506 e. The molecular formula is C17H20N2O2. The third-order valence-electron chi connectivity index (χ3n) is 3.40. The molecule has 4 heteroatoms. The predicted molar refractivity (Wildman–Crippen MR) is 85.3 cm³/mol. The van der Waals surface area contributed by atoms with Crippen molar-refractivity contribution in [3.8, 4) is 5.75 Å². The number of phenols is 1. The minimum Gasteiger partial charge on any atom is -0.506 e. The fraction of sp³-hybridized carbons (Fsp3) is 0.235. The van der Waals surface area contributed by atoms with Crippen LogP contribution in [0.2, 0.25) is 0 Å². The average molecular weight is 284 g/mol. The fourth-order valence-corrected chi connectivity index (χ4v) is 2.26. The van der Waals surface area contributed by atoms with Gasteiger partial charge in [-0.2, -0.15) is 0 Å². The van der Waals surface area contributed by atoms with Gasteiger partial charge in [0.25, 0.3) is 0 Å². The van der Waals surface area contributed by atoms with E-state index in [-0.39, 0.29) is 11.7 Å². The van der Waals surface area contributed by atoms with E-state index in [4.69, 9.17) is 5.73 Å². The smallest absolute Gasteiger partial charge is 0.227 e. The van der Waals surface area contributed by atoms with E-state index < -0.39 is 0 Å². The van der Waals surface area contributed by atoms with E-state index in [9.17, 15) is 9.90 Å². The number of aryl methyl sites for hydroxylation is 1. The number of para-hydroxylation sites is 1. The van der Waals surface area contributed by atoms with Crippen LogP contribution in [-0.2, 0) is 11.2 Å². The van der Waals surface area contributed by atoms with Crippen molar-refractivity contribution in [1.29, 1.82) is 0 Å². The number of anilines is 2. The van der Waals surface area contributed by atoms with Crippen molar-refractivity contribution in [3.05, 3.63) is 54.1 Å². The number of hydrogen-bond donors (Lipinski definition) is 2. The Kier molecular flexibility index (Phi) is 4.82. The number of rotatable bonds is 5. The standard InChI is InChI=1S/C17H20N2O2/c1-2-19(14-6-4-3-5-7-14)17(21)11-9-13-8-10-16(20)15(18)12-13/h3-8,10,12,20H,2,9,11,18H2,1H3. The number of hydrogen-bond acceptors (Lipinski definition) is 3. The van der Waals surface area contributed by atoms with Gasteiger partial charge in [-0.15, -0.1) is 0 Å². The number of carbonyl (C=O) groups is 1. The number of aromatic hydroxyl groups is 1. The van der Waals surface area contributed by atoms with Gasteiger partial charge in [0.2, 0.25) is 5.91 Å². The van der Waals surface area contributed by atoms with Crippen LogP contribution in [0.5, 0.6) is 5.75 Å². The van der Waals surface area contributed by atoms with Gasteiger partial charge in [-0.3, -0.25) is 4.79 Å². The van der Waals surface area contributed by atoms with Crippen molar-refractivity contribution in [2.24, 2.45) is 0 Å². The molecule has 0 bridgehead atoms. The Balaban J connectivity index is 2.01. The topological polar surface area (TPSA) is 66.6 Å². The van der Waals surface area contributed by atoms with Crippen LogP contribution in [0, 0.1) is 0 Å².